The summed E-state index contributed by atoms with van der Waals surface area (Å²) >= 11 is 0. The van der Waals surface area contributed by atoms with Crippen molar-refractivity contribution in [3.8, 4) is 0 Å². The van der Waals surface area contributed by atoms with Crippen LogP contribution in [-0.4, -0.2) is 67.1 Å². The molecule has 0 aliphatic carbocycles. The van der Waals surface area contributed by atoms with Crippen LogP contribution in [0.4, 0.5) is 0 Å². The van der Waals surface area contributed by atoms with E-state index < -0.39 is 0 Å². The first-order valence-corrected chi connectivity index (χ1v) is 10.1. The number of carbonyl (C=O) groups is 2. The number of piperidine rings is 2. The van der Waals surface area contributed by atoms with Gasteiger partial charge < -0.3 is 14.4 Å². The van der Waals surface area contributed by atoms with Crippen molar-refractivity contribution in [2.45, 2.75) is 38.6 Å². The Morgan fingerprint density at radius 3 is 2.71 bits per heavy atom. The van der Waals surface area contributed by atoms with Crippen LogP contribution in [-0.2, 0) is 18.4 Å². The summed E-state index contributed by atoms with van der Waals surface area (Å²) in [4.78, 5) is 33.1. The fraction of sp³-hybridized carbons (Fsp3) is 0.600. The summed E-state index contributed by atoms with van der Waals surface area (Å²) in [7, 11) is 1.82. The zero-order valence-corrected chi connectivity index (χ0v) is 16.5. The van der Waals surface area contributed by atoms with Gasteiger partial charge in [-0.15, -0.1) is 0 Å². The summed E-state index contributed by atoms with van der Waals surface area (Å²) in [6.07, 6.45) is 13.4. The summed E-state index contributed by atoms with van der Waals surface area (Å²) in [6.45, 7) is 4.00. The molecule has 2 aromatic rings. The first-order valence-electron chi connectivity index (χ1n) is 10.1. The molecule has 1 spiro atoms. The van der Waals surface area contributed by atoms with Crippen LogP contribution in [0.3, 0.4) is 0 Å². The molecule has 2 amide bonds. The second kappa shape index (κ2) is 7.77. The largest absolute Gasteiger partial charge is 0.342 e. The molecule has 2 fully saturated rings. The average molecular weight is 384 g/mol. The molecule has 4 rings (SSSR count). The Morgan fingerprint density at radius 2 is 2.04 bits per heavy atom. The van der Waals surface area contributed by atoms with E-state index in [9.17, 15) is 9.59 Å². The Kier molecular flexibility index (Phi) is 5.19. The number of rotatable bonds is 5. The number of nitrogens with zero attached hydrogens (tertiary/aromatic N) is 6. The summed E-state index contributed by atoms with van der Waals surface area (Å²) < 4.78 is 3.71. The molecule has 0 radical (unpaired) electrons. The van der Waals surface area contributed by atoms with Crippen LogP contribution in [0.15, 0.2) is 31.1 Å². The zero-order chi connectivity index (χ0) is 19.6. The third-order valence-electron chi connectivity index (χ3n) is 6.21. The van der Waals surface area contributed by atoms with Crippen molar-refractivity contribution >= 4 is 11.8 Å². The number of likely N-dealkylation sites (tertiary alicyclic amines) is 2. The van der Waals surface area contributed by atoms with Crippen LogP contribution in [0.5, 0.6) is 0 Å². The number of aromatic nitrogens is 4. The lowest BCUT2D eigenvalue weighted by molar-refractivity contribution is -0.139. The summed E-state index contributed by atoms with van der Waals surface area (Å²) in [5.74, 6) is 0.331. The minimum atomic E-state index is 0.0621. The highest BCUT2D eigenvalue weighted by atomic mass is 16.2. The quantitative estimate of drug-likeness (QED) is 0.784. The van der Waals surface area contributed by atoms with Crippen molar-refractivity contribution in [2.75, 3.05) is 26.2 Å². The molecule has 8 nitrogen and oxygen atoms in total. The summed E-state index contributed by atoms with van der Waals surface area (Å²) in [6, 6.07) is 0. The molecule has 0 atom stereocenters. The molecule has 150 valence electrons. The average Bonchev–Trinajstić information content (AvgIpc) is 3.37. The Bertz CT molecular complexity index is 820. The van der Waals surface area contributed by atoms with Crippen LogP contribution in [0.2, 0.25) is 0 Å². The predicted molar refractivity (Wildman–Crippen MR) is 103 cm³/mol. The van der Waals surface area contributed by atoms with Gasteiger partial charge in [0.1, 0.15) is 0 Å². The van der Waals surface area contributed by atoms with Crippen molar-refractivity contribution in [2.24, 2.45) is 12.5 Å². The predicted octanol–water partition coefficient (Wildman–Crippen LogP) is 1.55. The molecule has 2 aliphatic heterocycles. The molecule has 2 saturated heterocycles. The fourth-order valence-corrected chi connectivity index (χ4v) is 4.48. The topological polar surface area (TPSA) is 76.3 Å². The highest BCUT2D eigenvalue weighted by Gasteiger charge is 2.41. The van der Waals surface area contributed by atoms with Gasteiger partial charge in [-0.05, 0) is 31.1 Å². The van der Waals surface area contributed by atoms with Gasteiger partial charge in [0.25, 0.3) is 5.91 Å². The second-order valence-corrected chi connectivity index (χ2v) is 8.16. The van der Waals surface area contributed by atoms with Crippen LogP contribution in [0.1, 0.15) is 42.5 Å². The van der Waals surface area contributed by atoms with Gasteiger partial charge in [0, 0.05) is 64.8 Å². The van der Waals surface area contributed by atoms with Crippen LogP contribution < -0.4 is 0 Å². The molecule has 0 aromatic carbocycles. The SMILES string of the molecule is Cn1cc(C(=O)N2CCC3(CCC(=O)N(CCCn4ccnc4)C3)CC2)cn1. The van der Waals surface area contributed by atoms with E-state index in [2.05, 4.69) is 10.1 Å². The number of aryl methyl sites for hydroxylation is 2. The lowest BCUT2D eigenvalue weighted by Gasteiger charge is -2.47. The zero-order valence-electron chi connectivity index (χ0n) is 16.5. The number of hydrogen-bond acceptors (Lipinski definition) is 4. The molecule has 0 saturated carbocycles. The van der Waals surface area contributed by atoms with Gasteiger partial charge in [0.15, 0.2) is 0 Å². The standard InChI is InChI=1S/C20H28N6O2/c1-23-14-17(13-22-23)19(28)25-10-5-20(6-11-25)4-3-18(27)26(15-20)9-2-8-24-12-7-21-16-24/h7,12-14,16H,2-6,8-11,15H2,1H3. The van der Waals surface area contributed by atoms with Gasteiger partial charge in [-0.25, -0.2) is 4.98 Å². The van der Waals surface area contributed by atoms with Gasteiger partial charge in [-0.3, -0.25) is 14.3 Å². The second-order valence-electron chi connectivity index (χ2n) is 8.16. The van der Waals surface area contributed by atoms with Crippen molar-refractivity contribution in [1.82, 2.24) is 29.1 Å². The summed E-state index contributed by atoms with van der Waals surface area (Å²) in [5.41, 5.74) is 0.813. The Hall–Kier alpha value is -2.64. The maximum atomic E-state index is 12.7. The van der Waals surface area contributed by atoms with E-state index in [0.29, 0.717) is 12.0 Å². The maximum absolute atomic E-state index is 12.7. The smallest absolute Gasteiger partial charge is 0.257 e. The minimum Gasteiger partial charge on any atom is -0.342 e. The molecular formula is C20H28N6O2. The summed E-state index contributed by atoms with van der Waals surface area (Å²) in [5, 5.41) is 4.10. The number of imidazole rings is 1. The third-order valence-corrected chi connectivity index (χ3v) is 6.21. The van der Waals surface area contributed by atoms with Crippen molar-refractivity contribution < 1.29 is 9.59 Å². The Labute approximate surface area is 165 Å². The van der Waals surface area contributed by atoms with Gasteiger partial charge in [0.2, 0.25) is 5.91 Å². The van der Waals surface area contributed by atoms with E-state index in [0.717, 1.165) is 58.4 Å². The van der Waals surface area contributed by atoms with Gasteiger partial charge in [-0.1, -0.05) is 0 Å². The van der Waals surface area contributed by atoms with Crippen molar-refractivity contribution in [3.63, 3.8) is 0 Å². The van der Waals surface area contributed by atoms with E-state index in [4.69, 9.17) is 0 Å². The van der Waals surface area contributed by atoms with Gasteiger partial charge in [0.05, 0.1) is 18.1 Å². The lowest BCUT2D eigenvalue weighted by atomic mass is 9.72. The first kappa shape index (κ1) is 18.7. The fourth-order valence-electron chi connectivity index (χ4n) is 4.48. The maximum Gasteiger partial charge on any atom is 0.257 e. The van der Waals surface area contributed by atoms with Gasteiger partial charge >= 0.3 is 0 Å². The Balaban J connectivity index is 1.31. The Morgan fingerprint density at radius 1 is 1.21 bits per heavy atom. The van der Waals surface area contributed by atoms with Crippen molar-refractivity contribution in [1.29, 1.82) is 0 Å². The molecule has 0 N–H and O–H groups in total. The number of hydrogen-bond donors (Lipinski definition) is 0. The monoisotopic (exact) mass is 384 g/mol. The molecule has 0 bridgehead atoms. The number of carbonyl (C=O) groups excluding carboxylic acids is 2. The van der Waals surface area contributed by atoms with E-state index in [1.807, 2.05) is 33.9 Å². The molecule has 2 aliphatic rings. The van der Waals surface area contributed by atoms with Crippen LogP contribution in [0.25, 0.3) is 0 Å². The van der Waals surface area contributed by atoms with E-state index in [1.54, 1.807) is 23.3 Å². The van der Waals surface area contributed by atoms with Gasteiger partial charge in [-0.2, -0.15) is 5.10 Å². The molecule has 8 heteroatoms. The van der Waals surface area contributed by atoms with Crippen LogP contribution in [0, 0.1) is 5.41 Å². The normalized spacial score (nSPS) is 19.4. The van der Waals surface area contributed by atoms with E-state index >= 15 is 0 Å². The molecule has 2 aromatic heterocycles. The number of amides is 2. The highest BCUT2D eigenvalue weighted by molar-refractivity contribution is 5.93. The lowest BCUT2D eigenvalue weighted by Crippen LogP contribution is -2.52. The molecule has 4 heterocycles. The van der Waals surface area contributed by atoms with E-state index in [-0.39, 0.29) is 17.2 Å². The van der Waals surface area contributed by atoms with Crippen molar-refractivity contribution in [3.05, 3.63) is 36.7 Å². The minimum absolute atomic E-state index is 0.0621. The molecular weight excluding hydrogens is 356 g/mol. The van der Waals surface area contributed by atoms with E-state index in [1.165, 1.54) is 0 Å². The highest BCUT2D eigenvalue weighted by Crippen LogP contribution is 2.40. The third kappa shape index (κ3) is 3.95. The molecule has 0 unspecified atom stereocenters. The molecule has 28 heavy (non-hydrogen) atoms. The first-order chi connectivity index (χ1) is 13.5. The van der Waals surface area contributed by atoms with Crippen LogP contribution >= 0.6 is 0 Å².